The lowest BCUT2D eigenvalue weighted by Gasteiger charge is -2.44. The number of likely N-dealkylation sites (N-methyl/N-ethyl adjacent to an activating group) is 1. The molecule has 0 radical (unpaired) electrons. The van der Waals surface area contributed by atoms with E-state index < -0.39 is 22.2 Å². The molecule has 2 aromatic rings. The number of carbonyl (C=O) groups excluding carboxylic acids is 2. The number of carbonyl (C=O) groups is 2. The van der Waals surface area contributed by atoms with Crippen molar-refractivity contribution in [2.45, 2.75) is 25.6 Å². The SMILES string of the molecule is CCN1C=CS[C@]12/C(=C(/C)C(=O)OC)N(c1ccccc1)C(=Nc1ccccc1)[C@@]2(C)C(=O)OC. The summed E-state index contributed by atoms with van der Waals surface area (Å²) in [6, 6.07) is 19.1. The van der Waals surface area contributed by atoms with Gasteiger partial charge in [-0.25, -0.2) is 9.79 Å². The third kappa shape index (κ3) is 3.63. The zero-order valence-electron chi connectivity index (χ0n) is 20.5. The van der Waals surface area contributed by atoms with Crippen molar-refractivity contribution in [3.8, 4) is 0 Å². The molecule has 2 aromatic carbocycles. The Morgan fingerprint density at radius 1 is 1.00 bits per heavy atom. The summed E-state index contributed by atoms with van der Waals surface area (Å²) in [4.78, 5) is 34.8. The van der Waals surface area contributed by atoms with Crippen LogP contribution in [0, 0.1) is 5.41 Å². The number of amidine groups is 1. The van der Waals surface area contributed by atoms with Crippen LogP contribution in [-0.4, -0.2) is 48.3 Å². The Bertz CT molecular complexity index is 1210. The smallest absolute Gasteiger partial charge is 0.335 e. The van der Waals surface area contributed by atoms with Crippen LogP contribution >= 0.6 is 11.8 Å². The fourth-order valence-corrected chi connectivity index (χ4v) is 6.39. The number of nitrogens with zero attached hydrogens (tertiary/aromatic N) is 3. The van der Waals surface area contributed by atoms with E-state index in [0.717, 1.165) is 5.69 Å². The van der Waals surface area contributed by atoms with E-state index in [-0.39, 0.29) is 0 Å². The van der Waals surface area contributed by atoms with E-state index in [9.17, 15) is 9.59 Å². The largest absolute Gasteiger partial charge is 0.468 e. The van der Waals surface area contributed by atoms with Crippen LogP contribution < -0.4 is 4.90 Å². The Hall–Kier alpha value is -3.52. The van der Waals surface area contributed by atoms with Crippen LogP contribution in [0.25, 0.3) is 0 Å². The molecule has 0 unspecified atom stereocenters. The molecule has 0 N–H and O–H groups in total. The number of methoxy groups -OCH3 is 2. The van der Waals surface area contributed by atoms with Crippen molar-refractivity contribution in [1.82, 2.24) is 4.90 Å². The molecule has 0 saturated carbocycles. The average molecular weight is 492 g/mol. The third-order valence-corrected chi connectivity index (χ3v) is 7.99. The molecule has 0 aliphatic carbocycles. The molecular weight excluding hydrogens is 462 g/mol. The molecule has 2 heterocycles. The summed E-state index contributed by atoms with van der Waals surface area (Å²) in [7, 11) is 2.74. The van der Waals surface area contributed by atoms with Crippen LogP contribution in [0.4, 0.5) is 11.4 Å². The lowest BCUT2D eigenvalue weighted by atomic mass is 9.80. The van der Waals surface area contributed by atoms with Crippen molar-refractivity contribution in [1.29, 1.82) is 0 Å². The van der Waals surface area contributed by atoms with Gasteiger partial charge in [0.1, 0.15) is 5.84 Å². The summed E-state index contributed by atoms with van der Waals surface area (Å²) in [6.45, 7) is 6.18. The molecule has 35 heavy (non-hydrogen) atoms. The first-order chi connectivity index (χ1) is 16.9. The zero-order chi connectivity index (χ0) is 25.2. The number of hydrogen-bond donors (Lipinski definition) is 0. The van der Waals surface area contributed by atoms with Gasteiger partial charge < -0.3 is 14.4 Å². The van der Waals surface area contributed by atoms with E-state index in [4.69, 9.17) is 14.5 Å². The van der Waals surface area contributed by atoms with Crippen molar-refractivity contribution in [3.05, 3.63) is 83.5 Å². The van der Waals surface area contributed by atoms with E-state index in [1.54, 1.807) is 6.92 Å². The predicted molar refractivity (Wildman–Crippen MR) is 139 cm³/mol. The quantitative estimate of drug-likeness (QED) is 0.426. The van der Waals surface area contributed by atoms with Crippen LogP contribution in [0.5, 0.6) is 0 Å². The number of thioether (sulfide) groups is 1. The summed E-state index contributed by atoms with van der Waals surface area (Å²) < 4.78 is 10.6. The molecule has 1 spiro atoms. The second-order valence-electron chi connectivity index (χ2n) is 8.36. The Morgan fingerprint density at radius 2 is 1.63 bits per heavy atom. The predicted octanol–water partition coefficient (Wildman–Crippen LogP) is 5.10. The maximum absolute atomic E-state index is 13.8. The minimum Gasteiger partial charge on any atom is -0.468 e. The fourth-order valence-electron chi connectivity index (χ4n) is 4.89. The zero-order valence-corrected chi connectivity index (χ0v) is 21.3. The number of rotatable bonds is 5. The topological polar surface area (TPSA) is 71.4 Å². The summed E-state index contributed by atoms with van der Waals surface area (Å²) in [6.07, 6.45) is 1.95. The number of hydrogen-bond acceptors (Lipinski definition) is 7. The highest BCUT2D eigenvalue weighted by atomic mass is 32.2. The first-order valence-corrected chi connectivity index (χ1v) is 12.2. The highest BCUT2D eigenvalue weighted by Gasteiger charge is 2.71. The molecule has 1 fully saturated rings. The normalized spacial score (nSPS) is 25.9. The van der Waals surface area contributed by atoms with Gasteiger partial charge in [-0.2, -0.15) is 0 Å². The summed E-state index contributed by atoms with van der Waals surface area (Å²) in [5.74, 6) is -0.456. The first kappa shape index (κ1) is 24.6. The third-order valence-electron chi connectivity index (χ3n) is 6.55. The number of anilines is 1. The summed E-state index contributed by atoms with van der Waals surface area (Å²) in [5.41, 5.74) is 1.18. The van der Waals surface area contributed by atoms with Crippen molar-refractivity contribution in [3.63, 3.8) is 0 Å². The van der Waals surface area contributed by atoms with E-state index in [1.165, 1.54) is 26.0 Å². The standard InChI is InChI=1S/C27H29N3O4S/c1-6-29-17-18-35-27(29)22(19(2)23(31)33-4)30(21-15-11-8-12-16-21)24(26(27,3)25(32)34-5)28-20-13-9-7-10-14-20/h7-18H,6H2,1-5H3/b22-19+,28-24?/t26-,27-/m0/s1. The number of esters is 2. The molecule has 0 aromatic heterocycles. The minimum atomic E-state index is -1.29. The van der Waals surface area contributed by atoms with Gasteiger partial charge in [0.15, 0.2) is 10.3 Å². The Labute approximate surface area is 210 Å². The molecule has 0 amide bonds. The maximum Gasteiger partial charge on any atom is 0.335 e. The van der Waals surface area contributed by atoms with Gasteiger partial charge in [0, 0.05) is 18.4 Å². The van der Waals surface area contributed by atoms with E-state index in [1.807, 2.05) is 91.0 Å². The molecule has 7 nitrogen and oxygen atoms in total. The molecule has 1 saturated heterocycles. The van der Waals surface area contributed by atoms with E-state index in [2.05, 4.69) is 4.90 Å². The monoisotopic (exact) mass is 491 g/mol. The van der Waals surface area contributed by atoms with Crippen LogP contribution in [0.1, 0.15) is 20.8 Å². The van der Waals surface area contributed by atoms with Gasteiger partial charge in [-0.15, -0.1) is 0 Å². The fraction of sp³-hybridized carbons (Fsp3) is 0.296. The Kier molecular flexibility index (Phi) is 6.76. The molecule has 2 aliphatic rings. The molecule has 4 rings (SSSR count). The second-order valence-corrected chi connectivity index (χ2v) is 9.46. The van der Waals surface area contributed by atoms with Crippen molar-refractivity contribution in [2.24, 2.45) is 10.4 Å². The molecule has 8 heteroatoms. The molecular formula is C27H29N3O4S. The molecule has 2 atom stereocenters. The van der Waals surface area contributed by atoms with Crippen molar-refractivity contribution < 1.29 is 19.1 Å². The van der Waals surface area contributed by atoms with Gasteiger partial charge in [0.25, 0.3) is 0 Å². The van der Waals surface area contributed by atoms with Gasteiger partial charge in [-0.3, -0.25) is 9.69 Å². The van der Waals surface area contributed by atoms with Crippen molar-refractivity contribution in [2.75, 3.05) is 25.7 Å². The van der Waals surface area contributed by atoms with Gasteiger partial charge in [0.2, 0.25) is 0 Å². The van der Waals surface area contributed by atoms with Crippen molar-refractivity contribution >= 4 is 40.9 Å². The Morgan fingerprint density at radius 3 is 2.20 bits per heavy atom. The molecule has 0 bridgehead atoms. The lowest BCUT2D eigenvalue weighted by Crippen LogP contribution is -2.57. The second kappa shape index (κ2) is 9.62. The highest BCUT2D eigenvalue weighted by Crippen LogP contribution is 2.62. The molecule has 182 valence electrons. The molecule has 2 aliphatic heterocycles. The van der Waals surface area contributed by atoms with Crippen LogP contribution in [0.15, 0.2) is 88.5 Å². The van der Waals surface area contributed by atoms with Crippen LogP contribution in [-0.2, 0) is 19.1 Å². The summed E-state index contributed by atoms with van der Waals surface area (Å²) in [5, 5.41) is 1.95. The van der Waals surface area contributed by atoms with Crippen LogP contribution in [0.2, 0.25) is 0 Å². The van der Waals surface area contributed by atoms with Gasteiger partial charge in [0.05, 0.1) is 31.2 Å². The average Bonchev–Trinajstić information content (AvgIpc) is 3.43. The highest BCUT2D eigenvalue weighted by molar-refractivity contribution is 8.04. The lowest BCUT2D eigenvalue weighted by molar-refractivity contribution is -0.150. The first-order valence-electron chi connectivity index (χ1n) is 11.4. The number of para-hydroxylation sites is 2. The van der Waals surface area contributed by atoms with E-state index in [0.29, 0.717) is 29.3 Å². The van der Waals surface area contributed by atoms with Gasteiger partial charge >= 0.3 is 11.9 Å². The number of aliphatic imine (C=N–C) groups is 1. The maximum atomic E-state index is 13.8. The summed E-state index contributed by atoms with van der Waals surface area (Å²) >= 11 is 1.47. The van der Waals surface area contributed by atoms with Crippen LogP contribution in [0.3, 0.4) is 0 Å². The van der Waals surface area contributed by atoms with Gasteiger partial charge in [-0.1, -0.05) is 48.2 Å². The number of ether oxygens (including phenoxy) is 2. The van der Waals surface area contributed by atoms with E-state index >= 15 is 0 Å². The minimum absolute atomic E-state index is 0.388. The Balaban J connectivity index is 2.18. The number of benzene rings is 2. The van der Waals surface area contributed by atoms with Gasteiger partial charge in [-0.05, 0) is 50.4 Å².